The molecule has 1 unspecified atom stereocenters. The molecular weight excluding hydrogens is 180 g/mol. The van der Waals surface area contributed by atoms with Crippen LogP contribution in [0.15, 0.2) is 11.1 Å². The van der Waals surface area contributed by atoms with Crippen molar-refractivity contribution >= 4 is 11.8 Å². The molecule has 1 rings (SSSR count). The van der Waals surface area contributed by atoms with Crippen molar-refractivity contribution in [2.45, 2.75) is 33.6 Å². The lowest BCUT2D eigenvalue weighted by Gasteiger charge is -2.04. The number of rotatable bonds is 3. The van der Waals surface area contributed by atoms with Crippen LogP contribution in [0.25, 0.3) is 0 Å². The molecule has 0 fully saturated rings. The summed E-state index contributed by atoms with van der Waals surface area (Å²) in [6, 6.07) is 0. The summed E-state index contributed by atoms with van der Waals surface area (Å²) >= 11 is 0. The van der Waals surface area contributed by atoms with Crippen LogP contribution >= 0.6 is 0 Å². The monoisotopic (exact) mass is 196 g/mol. The van der Waals surface area contributed by atoms with Gasteiger partial charge in [0.2, 0.25) is 0 Å². The first-order valence-corrected chi connectivity index (χ1v) is 5.02. The van der Waals surface area contributed by atoms with E-state index in [1.165, 1.54) is 0 Å². The van der Waals surface area contributed by atoms with Crippen molar-refractivity contribution in [2.24, 2.45) is 5.92 Å². The van der Waals surface area contributed by atoms with Crippen LogP contribution in [0.5, 0.6) is 0 Å². The van der Waals surface area contributed by atoms with Gasteiger partial charge in [0.1, 0.15) is 5.57 Å². The fraction of sp³-hybridized carbons (Fsp3) is 0.636. The lowest BCUT2D eigenvalue weighted by molar-refractivity contribution is -0.140. The first-order chi connectivity index (χ1) is 6.61. The van der Waals surface area contributed by atoms with E-state index in [1.54, 1.807) is 6.92 Å². The van der Waals surface area contributed by atoms with E-state index in [0.29, 0.717) is 18.6 Å². The van der Waals surface area contributed by atoms with E-state index >= 15 is 0 Å². The molecule has 0 bridgehead atoms. The molecule has 0 amide bonds. The Morgan fingerprint density at radius 2 is 2.14 bits per heavy atom. The van der Waals surface area contributed by atoms with Crippen molar-refractivity contribution in [2.75, 3.05) is 6.61 Å². The van der Waals surface area contributed by atoms with Crippen molar-refractivity contribution in [3.8, 4) is 0 Å². The van der Waals surface area contributed by atoms with E-state index in [9.17, 15) is 9.59 Å². The summed E-state index contributed by atoms with van der Waals surface area (Å²) in [7, 11) is 0. The zero-order valence-corrected chi connectivity index (χ0v) is 8.92. The predicted molar refractivity (Wildman–Crippen MR) is 52.7 cm³/mol. The summed E-state index contributed by atoms with van der Waals surface area (Å²) in [6.07, 6.45) is 1.50. The summed E-state index contributed by atoms with van der Waals surface area (Å²) in [5.74, 6) is -0.496. The molecule has 0 heterocycles. The third-order valence-electron chi connectivity index (χ3n) is 2.57. The highest BCUT2D eigenvalue weighted by Gasteiger charge is 2.34. The van der Waals surface area contributed by atoms with E-state index in [4.69, 9.17) is 4.74 Å². The lowest BCUT2D eigenvalue weighted by atomic mass is 10.0. The van der Waals surface area contributed by atoms with Crippen LogP contribution in [-0.4, -0.2) is 18.4 Å². The Morgan fingerprint density at radius 1 is 1.50 bits per heavy atom. The summed E-state index contributed by atoms with van der Waals surface area (Å²) in [6.45, 7) is 5.86. The van der Waals surface area contributed by atoms with Gasteiger partial charge in [0.15, 0.2) is 5.78 Å². The number of carbonyl (C=O) groups excluding carboxylic acids is 2. The molecule has 0 aromatic heterocycles. The molecule has 78 valence electrons. The Labute approximate surface area is 84.1 Å². The van der Waals surface area contributed by atoms with Crippen LogP contribution in [0.2, 0.25) is 0 Å². The molecule has 1 aliphatic rings. The number of carbonyl (C=O) groups is 2. The normalized spacial score (nSPS) is 21.6. The van der Waals surface area contributed by atoms with Crippen LogP contribution in [0.4, 0.5) is 0 Å². The summed E-state index contributed by atoms with van der Waals surface area (Å²) in [5, 5.41) is 0. The zero-order valence-electron chi connectivity index (χ0n) is 8.92. The van der Waals surface area contributed by atoms with Crippen LogP contribution in [0, 0.1) is 5.92 Å². The molecule has 0 saturated heterocycles. The van der Waals surface area contributed by atoms with Crippen LogP contribution in [0.3, 0.4) is 0 Å². The van der Waals surface area contributed by atoms with Gasteiger partial charge in [-0.3, -0.25) is 4.79 Å². The average Bonchev–Trinajstić information content (AvgIpc) is 2.41. The highest BCUT2D eigenvalue weighted by Crippen LogP contribution is 2.30. The second-order valence-electron chi connectivity index (χ2n) is 3.55. The van der Waals surface area contributed by atoms with E-state index in [1.807, 2.05) is 13.8 Å². The molecule has 1 aliphatic carbocycles. The van der Waals surface area contributed by atoms with E-state index in [0.717, 1.165) is 12.0 Å². The summed E-state index contributed by atoms with van der Waals surface area (Å²) < 4.78 is 4.84. The molecule has 0 spiro atoms. The maximum Gasteiger partial charge on any atom is 0.341 e. The van der Waals surface area contributed by atoms with E-state index < -0.39 is 5.97 Å². The number of ketones is 1. The number of hydrogen-bond acceptors (Lipinski definition) is 3. The Balaban J connectivity index is 2.82. The van der Waals surface area contributed by atoms with E-state index in [2.05, 4.69) is 0 Å². The predicted octanol–water partition coefficient (Wildman–Crippen LogP) is 1.86. The van der Waals surface area contributed by atoms with Gasteiger partial charge >= 0.3 is 5.97 Å². The third-order valence-corrected chi connectivity index (χ3v) is 2.57. The second-order valence-corrected chi connectivity index (χ2v) is 3.55. The lowest BCUT2D eigenvalue weighted by Crippen LogP contribution is -2.17. The Hall–Kier alpha value is -1.12. The van der Waals surface area contributed by atoms with E-state index in [-0.39, 0.29) is 11.7 Å². The van der Waals surface area contributed by atoms with Gasteiger partial charge in [-0.1, -0.05) is 12.5 Å². The molecule has 0 N–H and O–H groups in total. The van der Waals surface area contributed by atoms with Gasteiger partial charge in [-0.15, -0.1) is 0 Å². The standard InChI is InChI=1S/C11H16O3/c1-4-8-6-7(3)9(10(8)12)11(13)14-5-2/h8H,4-6H2,1-3H3. The SMILES string of the molecule is CCOC(=O)C1=C(C)CC(CC)C1=O. The molecule has 0 aromatic carbocycles. The molecule has 3 nitrogen and oxygen atoms in total. The molecule has 0 saturated carbocycles. The maximum atomic E-state index is 11.7. The fourth-order valence-electron chi connectivity index (χ4n) is 1.79. The van der Waals surface area contributed by atoms with Crippen molar-refractivity contribution in [1.82, 2.24) is 0 Å². The van der Waals surface area contributed by atoms with Crippen molar-refractivity contribution in [1.29, 1.82) is 0 Å². The first kappa shape index (κ1) is 11.0. The van der Waals surface area contributed by atoms with Gasteiger partial charge in [0.05, 0.1) is 6.61 Å². The largest absolute Gasteiger partial charge is 0.462 e. The highest BCUT2D eigenvalue weighted by molar-refractivity contribution is 6.20. The number of ether oxygens (including phenoxy) is 1. The Bertz CT molecular complexity index is 289. The molecule has 14 heavy (non-hydrogen) atoms. The molecule has 0 radical (unpaired) electrons. The molecule has 0 aromatic rings. The van der Waals surface area contributed by atoms with Gasteiger partial charge in [-0.05, 0) is 26.7 Å². The van der Waals surface area contributed by atoms with Crippen molar-refractivity contribution < 1.29 is 14.3 Å². The fourth-order valence-corrected chi connectivity index (χ4v) is 1.79. The summed E-state index contributed by atoms with van der Waals surface area (Å²) in [5.41, 5.74) is 1.17. The van der Waals surface area contributed by atoms with Gasteiger partial charge in [0.25, 0.3) is 0 Å². The molecular formula is C11H16O3. The smallest absolute Gasteiger partial charge is 0.341 e. The summed E-state index contributed by atoms with van der Waals surface area (Å²) in [4.78, 5) is 23.1. The van der Waals surface area contributed by atoms with Crippen LogP contribution in [-0.2, 0) is 14.3 Å². The third kappa shape index (κ3) is 1.86. The minimum Gasteiger partial charge on any atom is -0.462 e. The zero-order chi connectivity index (χ0) is 10.7. The minimum atomic E-state index is -0.453. The Morgan fingerprint density at radius 3 is 2.57 bits per heavy atom. The number of Topliss-reactive ketones (excluding diaryl/α,β-unsaturated/α-hetero) is 1. The topological polar surface area (TPSA) is 43.4 Å². The van der Waals surface area contributed by atoms with Gasteiger partial charge < -0.3 is 4.74 Å². The first-order valence-electron chi connectivity index (χ1n) is 5.02. The maximum absolute atomic E-state index is 11.7. The Kier molecular flexibility index (Phi) is 3.44. The average molecular weight is 196 g/mol. The van der Waals surface area contributed by atoms with Gasteiger partial charge in [-0.25, -0.2) is 4.79 Å². The molecule has 1 atom stereocenters. The van der Waals surface area contributed by atoms with Crippen molar-refractivity contribution in [3.63, 3.8) is 0 Å². The van der Waals surface area contributed by atoms with Gasteiger partial charge in [0, 0.05) is 5.92 Å². The highest BCUT2D eigenvalue weighted by atomic mass is 16.5. The van der Waals surface area contributed by atoms with Crippen LogP contribution < -0.4 is 0 Å². The number of hydrogen-bond donors (Lipinski definition) is 0. The second kappa shape index (κ2) is 4.40. The van der Waals surface area contributed by atoms with Crippen LogP contribution in [0.1, 0.15) is 33.6 Å². The molecule has 3 heteroatoms. The van der Waals surface area contributed by atoms with Gasteiger partial charge in [-0.2, -0.15) is 0 Å². The number of esters is 1. The molecule has 0 aliphatic heterocycles. The quantitative estimate of drug-likeness (QED) is 0.511. The number of allylic oxidation sites excluding steroid dienone is 1. The van der Waals surface area contributed by atoms with Crippen molar-refractivity contribution in [3.05, 3.63) is 11.1 Å². The minimum absolute atomic E-state index is 0.00518.